The Hall–Kier alpha value is -1.98. The van der Waals surface area contributed by atoms with Crippen molar-refractivity contribution in [2.75, 3.05) is 33.0 Å². The van der Waals surface area contributed by atoms with E-state index in [2.05, 4.69) is 10.6 Å². The summed E-state index contributed by atoms with van der Waals surface area (Å²) >= 11 is 0. The summed E-state index contributed by atoms with van der Waals surface area (Å²) < 4.78 is 45.7. The van der Waals surface area contributed by atoms with Crippen LogP contribution < -0.4 is 10.6 Å². The SMILES string of the molecule is CC(=O)N[C@H]1[C@H](OC[C@@H](O)[C@H](O)[C@H](O[C@@H]2O[C@H](CO)[C@H](O)[C@H](O[C@@H]3O[C@H](CO)[C@H](O)[C@H](O)[C@H]3O)[C@H]2O[C@@H]2O[C@@H](C)[C@@H](O)[C@@H](O)[C@@H]2O)[C@H](CO)NC(C)=O)O[C@H](CO)[C@@H](O)[C@@H]1O. The van der Waals surface area contributed by atoms with E-state index >= 15 is 0 Å². The van der Waals surface area contributed by atoms with Gasteiger partial charge in [-0.2, -0.15) is 0 Å². The molecule has 27 nitrogen and oxygen atoms in total. The van der Waals surface area contributed by atoms with Gasteiger partial charge in [0.2, 0.25) is 11.8 Å². The lowest BCUT2D eigenvalue weighted by atomic mass is 9.95. The lowest BCUT2D eigenvalue weighted by molar-refractivity contribution is -0.396. The number of nitrogens with one attached hydrogen (secondary N) is 2. The first-order valence-corrected chi connectivity index (χ1v) is 19.4. The van der Waals surface area contributed by atoms with Crippen molar-refractivity contribution >= 4 is 11.8 Å². The highest BCUT2D eigenvalue weighted by Gasteiger charge is 2.56. The zero-order valence-electron chi connectivity index (χ0n) is 33.2. The summed E-state index contributed by atoms with van der Waals surface area (Å²) in [5.74, 6) is -1.52. The molecule has 356 valence electrons. The summed E-state index contributed by atoms with van der Waals surface area (Å²) in [5.41, 5.74) is 0. The monoisotopic (exact) mass is 896 g/mol. The number of hydrogen-bond acceptors (Lipinski definition) is 25. The van der Waals surface area contributed by atoms with Crippen LogP contribution in [0.15, 0.2) is 0 Å². The van der Waals surface area contributed by atoms with Gasteiger partial charge in [0, 0.05) is 13.8 Å². The molecule has 0 aromatic rings. The van der Waals surface area contributed by atoms with E-state index < -0.39 is 192 Å². The van der Waals surface area contributed by atoms with E-state index in [9.17, 15) is 86.2 Å². The van der Waals surface area contributed by atoms with Crippen molar-refractivity contribution in [3.63, 3.8) is 0 Å². The van der Waals surface area contributed by atoms with Gasteiger partial charge in [-0.15, -0.1) is 0 Å². The van der Waals surface area contributed by atoms with Crippen LogP contribution in [0.3, 0.4) is 0 Å². The van der Waals surface area contributed by atoms with Crippen LogP contribution in [0.4, 0.5) is 0 Å². The average molecular weight is 897 g/mol. The zero-order chi connectivity index (χ0) is 45.6. The van der Waals surface area contributed by atoms with Gasteiger partial charge >= 0.3 is 0 Å². The topological polar surface area (TPSA) is 435 Å². The maximum Gasteiger partial charge on any atom is 0.217 e. The molecule has 27 heteroatoms. The molecular weight excluding hydrogens is 836 g/mol. The number of rotatable bonds is 18. The van der Waals surface area contributed by atoms with E-state index in [4.69, 9.17) is 37.9 Å². The van der Waals surface area contributed by atoms with Gasteiger partial charge in [-0.05, 0) is 6.92 Å². The summed E-state index contributed by atoms with van der Waals surface area (Å²) in [6, 6.07) is -3.15. The normalized spacial score (nSPS) is 44.1. The second kappa shape index (κ2) is 22.8. The van der Waals surface area contributed by atoms with Gasteiger partial charge in [-0.25, -0.2) is 0 Å². The lowest BCUT2D eigenvalue weighted by Crippen LogP contribution is -2.68. The molecule has 2 amide bonds. The van der Waals surface area contributed by atoms with Crippen molar-refractivity contribution in [1.82, 2.24) is 10.6 Å². The van der Waals surface area contributed by atoms with Crippen LogP contribution in [0.1, 0.15) is 20.8 Å². The number of carbonyl (C=O) groups excluding carboxylic acids is 2. The van der Waals surface area contributed by atoms with Gasteiger partial charge in [0.1, 0.15) is 110 Å². The van der Waals surface area contributed by atoms with Crippen molar-refractivity contribution in [1.29, 1.82) is 0 Å². The highest BCUT2D eigenvalue weighted by molar-refractivity contribution is 5.73. The Balaban J connectivity index is 1.71. The number of ether oxygens (including phenoxy) is 8. The van der Waals surface area contributed by atoms with E-state index in [1.165, 1.54) is 6.92 Å². The van der Waals surface area contributed by atoms with E-state index in [0.29, 0.717) is 0 Å². The van der Waals surface area contributed by atoms with Gasteiger partial charge in [-0.1, -0.05) is 0 Å². The van der Waals surface area contributed by atoms with Crippen LogP contribution in [0, 0.1) is 0 Å². The van der Waals surface area contributed by atoms with Crippen LogP contribution in [-0.2, 0) is 47.5 Å². The summed E-state index contributed by atoms with van der Waals surface area (Å²) in [6.07, 6.45) is -41.2. The number of aliphatic hydroxyl groups is 15. The standard InChI is InChI=1S/C34H60N2O25/c1-9-18(44)24(50)26(52)32(55-9)61-30-29(60-33-27(53)25(51)21(47)15(6-39)57-33)22(48)16(7-40)58-34(30)59-28(12(4-37)35-10(2)41)19(45)13(43)8-54-31-17(36-11(3)42)23(49)20(46)14(5-38)56-31/h9,12-34,37-40,43-53H,4-8H2,1-3H3,(H,35,41)(H,36,42)/t9-,12-,13+,14+,15+,16+,17+,18+,19-,20+,21-,22-,23+,24+,25-,26-,27+,28+,29-,30+,31+,32-,33-,34-/m0/s1. The second-order valence-electron chi connectivity index (χ2n) is 15.2. The molecule has 4 aliphatic heterocycles. The van der Waals surface area contributed by atoms with Crippen molar-refractivity contribution in [3.8, 4) is 0 Å². The first-order chi connectivity index (χ1) is 28.7. The lowest BCUT2D eigenvalue weighted by Gasteiger charge is -2.49. The average Bonchev–Trinajstić information content (AvgIpc) is 3.22. The van der Waals surface area contributed by atoms with Crippen LogP contribution >= 0.6 is 0 Å². The Morgan fingerprint density at radius 2 is 1.08 bits per heavy atom. The quantitative estimate of drug-likeness (QED) is 0.0607. The minimum absolute atomic E-state index is 0.707. The fourth-order valence-electron chi connectivity index (χ4n) is 7.25. The third kappa shape index (κ3) is 12.0. The summed E-state index contributed by atoms with van der Waals surface area (Å²) in [4.78, 5) is 24.2. The first-order valence-electron chi connectivity index (χ1n) is 19.4. The first kappa shape index (κ1) is 51.7. The number of amides is 2. The van der Waals surface area contributed by atoms with Gasteiger partial charge in [0.15, 0.2) is 25.2 Å². The molecule has 24 atom stereocenters. The molecule has 4 saturated heterocycles. The van der Waals surface area contributed by atoms with Gasteiger partial charge < -0.3 is 125 Å². The molecule has 0 aromatic carbocycles. The molecule has 0 aromatic heterocycles. The Morgan fingerprint density at radius 3 is 1.62 bits per heavy atom. The molecule has 0 radical (unpaired) electrons. The van der Waals surface area contributed by atoms with Crippen LogP contribution in [0.25, 0.3) is 0 Å². The Morgan fingerprint density at radius 1 is 0.590 bits per heavy atom. The molecule has 4 aliphatic rings. The van der Waals surface area contributed by atoms with Crippen LogP contribution in [-0.4, -0.2) is 269 Å². The number of hydrogen-bond donors (Lipinski definition) is 17. The molecule has 4 fully saturated rings. The number of carbonyl (C=O) groups is 2. The molecule has 61 heavy (non-hydrogen) atoms. The summed E-state index contributed by atoms with van der Waals surface area (Å²) in [6.45, 7) is -1.37. The molecule has 0 aliphatic carbocycles. The molecule has 4 rings (SSSR count). The Labute approximate surface area is 347 Å². The molecule has 0 spiro atoms. The third-order valence-electron chi connectivity index (χ3n) is 10.7. The maximum atomic E-state index is 12.3. The van der Waals surface area contributed by atoms with Crippen molar-refractivity contribution in [2.45, 2.75) is 168 Å². The Bertz CT molecular complexity index is 1370. The molecule has 0 saturated carbocycles. The minimum Gasteiger partial charge on any atom is -0.394 e. The Kier molecular flexibility index (Phi) is 19.3. The molecule has 0 bridgehead atoms. The number of aliphatic hydroxyl groups excluding tert-OH is 15. The summed E-state index contributed by atoms with van der Waals surface area (Å²) in [7, 11) is 0. The minimum atomic E-state index is -2.27. The van der Waals surface area contributed by atoms with Crippen molar-refractivity contribution in [2.24, 2.45) is 0 Å². The molecular formula is C34H60N2O25. The molecule has 0 unspecified atom stereocenters. The van der Waals surface area contributed by atoms with E-state index in [0.717, 1.165) is 13.8 Å². The van der Waals surface area contributed by atoms with E-state index in [-0.39, 0.29) is 0 Å². The molecule has 17 N–H and O–H groups in total. The third-order valence-corrected chi connectivity index (χ3v) is 10.7. The van der Waals surface area contributed by atoms with Crippen LogP contribution in [0.2, 0.25) is 0 Å². The summed E-state index contributed by atoms with van der Waals surface area (Å²) in [5, 5.41) is 163. The highest BCUT2D eigenvalue weighted by atomic mass is 16.8. The van der Waals surface area contributed by atoms with Gasteiger partial charge in [-0.3, -0.25) is 9.59 Å². The predicted molar refractivity (Wildman–Crippen MR) is 191 cm³/mol. The fraction of sp³-hybridized carbons (Fsp3) is 0.941. The largest absolute Gasteiger partial charge is 0.394 e. The van der Waals surface area contributed by atoms with Gasteiger partial charge in [0.25, 0.3) is 0 Å². The smallest absolute Gasteiger partial charge is 0.217 e. The van der Waals surface area contributed by atoms with E-state index in [1.54, 1.807) is 0 Å². The van der Waals surface area contributed by atoms with Crippen molar-refractivity contribution < 1.29 is 124 Å². The predicted octanol–water partition coefficient (Wildman–Crippen LogP) is -11.0. The van der Waals surface area contributed by atoms with Crippen molar-refractivity contribution in [3.05, 3.63) is 0 Å². The van der Waals surface area contributed by atoms with Crippen LogP contribution in [0.5, 0.6) is 0 Å². The maximum absolute atomic E-state index is 12.3. The second-order valence-corrected chi connectivity index (χ2v) is 15.2. The molecule has 4 heterocycles. The zero-order valence-corrected chi connectivity index (χ0v) is 33.2. The van der Waals surface area contributed by atoms with Gasteiger partial charge in [0.05, 0.1) is 45.2 Å². The van der Waals surface area contributed by atoms with E-state index in [1.807, 2.05) is 0 Å². The highest BCUT2D eigenvalue weighted by Crippen LogP contribution is 2.35. The fourth-order valence-corrected chi connectivity index (χ4v) is 7.25.